The predicted molar refractivity (Wildman–Crippen MR) is 76.0 cm³/mol. The molecule has 1 rings (SSSR count). The van der Waals surface area contributed by atoms with E-state index in [1.54, 1.807) is 12.1 Å². The Labute approximate surface area is 116 Å². The van der Waals surface area contributed by atoms with Gasteiger partial charge in [0.1, 0.15) is 0 Å². The van der Waals surface area contributed by atoms with E-state index < -0.39 is 0 Å². The summed E-state index contributed by atoms with van der Waals surface area (Å²) < 4.78 is 4.51. The van der Waals surface area contributed by atoms with Crippen LogP contribution in [0.1, 0.15) is 15.9 Å². The SMILES string of the molecule is COC(=O)CSCCNC(=O)c1ccc(CN)cc1. The number of carbonyl (C=O) groups excluding carboxylic acids is 2. The van der Waals surface area contributed by atoms with Gasteiger partial charge in [0, 0.05) is 24.4 Å². The first-order valence-corrected chi connectivity index (χ1v) is 7.04. The molecule has 0 bridgehead atoms. The van der Waals surface area contributed by atoms with Crippen molar-refractivity contribution in [3.8, 4) is 0 Å². The van der Waals surface area contributed by atoms with Gasteiger partial charge in [-0.15, -0.1) is 11.8 Å². The third-order valence-electron chi connectivity index (χ3n) is 2.43. The van der Waals surface area contributed by atoms with E-state index in [-0.39, 0.29) is 11.9 Å². The Hall–Kier alpha value is -1.53. The van der Waals surface area contributed by atoms with Gasteiger partial charge in [-0.05, 0) is 17.7 Å². The average molecular weight is 282 g/mol. The van der Waals surface area contributed by atoms with Crippen LogP contribution in [0, 0.1) is 0 Å². The second-order valence-electron chi connectivity index (χ2n) is 3.79. The molecular weight excluding hydrogens is 264 g/mol. The Morgan fingerprint density at radius 3 is 2.58 bits per heavy atom. The minimum absolute atomic E-state index is 0.123. The van der Waals surface area contributed by atoms with Crippen molar-refractivity contribution in [2.45, 2.75) is 6.54 Å². The molecule has 0 aliphatic carbocycles. The maximum Gasteiger partial charge on any atom is 0.315 e. The highest BCUT2D eigenvalue weighted by molar-refractivity contribution is 7.99. The van der Waals surface area contributed by atoms with E-state index in [0.717, 1.165) is 5.56 Å². The first-order chi connectivity index (χ1) is 9.17. The number of methoxy groups -OCH3 is 1. The Morgan fingerprint density at radius 2 is 2.00 bits per heavy atom. The molecular formula is C13H18N2O3S. The molecule has 0 heterocycles. The van der Waals surface area contributed by atoms with Crippen molar-refractivity contribution in [1.82, 2.24) is 5.32 Å². The molecule has 3 N–H and O–H groups in total. The van der Waals surface area contributed by atoms with E-state index in [0.29, 0.717) is 30.2 Å². The number of amides is 1. The molecule has 0 aliphatic rings. The van der Waals surface area contributed by atoms with Crippen LogP contribution in [0.15, 0.2) is 24.3 Å². The number of carbonyl (C=O) groups is 2. The number of esters is 1. The lowest BCUT2D eigenvalue weighted by Gasteiger charge is -2.05. The third-order valence-corrected chi connectivity index (χ3v) is 3.36. The van der Waals surface area contributed by atoms with Crippen molar-refractivity contribution < 1.29 is 14.3 Å². The molecule has 0 saturated carbocycles. The van der Waals surface area contributed by atoms with Gasteiger partial charge in [0.05, 0.1) is 12.9 Å². The zero-order chi connectivity index (χ0) is 14.1. The lowest BCUT2D eigenvalue weighted by Crippen LogP contribution is -2.26. The summed E-state index contributed by atoms with van der Waals surface area (Å²) in [6.45, 7) is 0.977. The Balaban J connectivity index is 2.25. The number of benzene rings is 1. The first-order valence-electron chi connectivity index (χ1n) is 5.89. The fraction of sp³-hybridized carbons (Fsp3) is 0.385. The number of rotatable bonds is 7. The molecule has 1 aromatic carbocycles. The molecule has 1 aromatic rings. The van der Waals surface area contributed by atoms with Crippen LogP contribution in [-0.4, -0.2) is 37.0 Å². The molecule has 0 radical (unpaired) electrons. The first kappa shape index (κ1) is 15.5. The molecule has 1 amide bonds. The van der Waals surface area contributed by atoms with E-state index in [2.05, 4.69) is 10.1 Å². The maximum atomic E-state index is 11.8. The molecule has 0 atom stereocenters. The van der Waals surface area contributed by atoms with Gasteiger partial charge in [0.15, 0.2) is 0 Å². The van der Waals surface area contributed by atoms with Gasteiger partial charge in [0.2, 0.25) is 0 Å². The number of thioether (sulfide) groups is 1. The van der Waals surface area contributed by atoms with Gasteiger partial charge in [-0.3, -0.25) is 9.59 Å². The molecule has 0 saturated heterocycles. The second-order valence-corrected chi connectivity index (χ2v) is 4.89. The molecule has 6 heteroatoms. The minimum Gasteiger partial charge on any atom is -0.468 e. The summed E-state index contributed by atoms with van der Waals surface area (Å²) in [6.07, 6.45) is 0. The number of hydrogen-bond acceptors (Lipinski definition) is 5. The van der Waals surface area contributed by atoms with E-state index >= 15 is 0 Å². The predicted octanol–water partition coefficient (Wildman–Crippen LogP) is 0.781. The summed E-state index contributed by atoms with van der Waals surface area (Å²) in [4.78, 5) is 22.6. The summed E-state index contributed by atoms with van der Waals surface area (Å²) >= 11 is 1.42. The molecule has 0 unspecified atom stereocenters. The molecule has 0 aromatic heterocycles. The van der Waals surface area contributed by atoms with E-state index in [1.165, 1.54) is 18.9 Å². The Morgan fingerprint density at radius 1 is 1.32 bits per heavy atom. The van der Waals surface area contributed by atoms with Crippen LogP contribution in [0.4, 0.5) is 0 Å². The highest BCUT2D eigenvalue weighted by Gasteiger charge is 2.05. The highest BCUT2D eigenvalue weighted by Crippen LogP contribution is 2.04. The van der Waals surface area contributed by atoms with Crippen molar-refractivity contribution in [1.29, 1.82) is 0 Å². The highest BCUT2D eigenvalue weighted by atomic mass is 32.2. The van der Waals surface area contributed by atoms with Crippen molar-refractivity contribution >= 4 is 23.6 Å². The Kier molecular flexibility index (Phi) is 6.99. The van der Waals surface area contributed by atoms with Crippen molar-refractivity contribution in [2.24, 2.45) is 5.73 Å². The zero-order valence-electron chi connectivity index (χ0n) is 10.8. The van der Waals surface area contributed by atoms with Crippen LogP contribution >= 0.6 is 11.8 Å². The minimum atomic E-state index is -0.256. The van der Waals surface area contributed by atoms with Gasteiger partial charge < -0.3 is 15.8 Å². The summed E-state index contributed by atoms with van der Waals surface area (Å²) in [5, 5.41) is 2.79. The second kappa shape index (κ2) is 8.55. The number of nitrogens with one attached hydrogen (secondary N) is 1. The lowest BCUT2D eigenvalue weighted by molar-refractivity contribution is -0.137. The topological polar surface area (TPSA) is 81.4 Å². The van der Waals surface area contributed by atoms with Gasteiger partial charge in [-0.25, -0.2) is 0 Å². The maximum absolute atomic E-state index is 11.8. The normalized spacial score (nSPS) is 10.0. The van der Waals surface area contributed by atoms with E-state index in [9.17, 15) is 9.59 Å². The van der Waals surface area contributed by atoms with Crippen molar-refractivity contribution in [2.75, 3.05) is 25.2 Å². The standard InChI is InChI=1S/C13H18N2O3S/c1-18-12(16)9-19-7-6-15-13(17)11-4-2-10(8-14)3-5-11/h2-5H,6-9,14H2,1H3,(H,15,17). The summed E-state index contributed by atoms with van der Waals surface area (Å²) in [5.74, 6) is 0.593. The summed E-state index contributed by atoms with van der Waals surface area (Å²) in [6, 6.07) is 7.17. The number of hydrogen-bond donors (Lipinski definition) is 2. The van der Waals surface area contributed by atoms with Crippen LogP contribution in [0.3, 0.4) is 0 Å². The molecule has 19 heavy (non-hydrogen) atoms. The van der Waals surface area contributed by atoms with Gasteiger partial charge in [-0.1, -0.05) is 12.1 Å². The number of nitrogens with two attached hydrogens (primary N) is 1. The number of ether oxygens (including phenoxy) is 1. The van der Waals surface area contributed by atoms with Crippen LogP contribution < -0.4 is 11.1 Å². The smallest absolute Gasteiger partial charge is 0.315 e. The fourth-order valence-electron chi connectivity index (χ4n) is 1.35. The fourth-order valence-corrected chi connectivity index (χ4v) is 2.02. The molecule has 5 nitrogen and oxygen atoms in total. The largest absolute Gasteiger partial charge is 0.468 e. The van der Waals surface area contributed by atoms with Gasteiger partial charge >= 0.3 is 5.97 Å². The molecule has 0 fully saturated rings. The Bertz CT molecular complexity index is 420. The molecule has 0 aliphatic heterocycles. The molecule has 104 valence electrons. The zero-order valence-corrected chi connectivity index (χ0v) is 11.7. The molecule has 0 spiro atoms. The third kappa shape index (κ3) is 5.76. The van der Waals surface area contributed by atoms with Crippen LogP contribution in [0.25, 0.3) is 0 Å². The van der Waals surface area contributed by atoms with Crippen molar-refractivity contribution in [3.05, 3.63) is 35.4 Å². The van der Waals surface area contributed by atoms with Gasteiger partial charge in [-0.2, -0.15) is 0 Å². The van der Waals surface area contributed by atoms with Crippen molar-refractivity contribution in [3.63, 3.8) is 0 Å². The van der Waals surface area contributed by atoms with E-state index in [4.69, 9.17) is 5.73 Å². The van der Waals surface area contributed by atoms with Crippen LogP contribution in [0.5, 0.6) is 0 Å². The monoisotopic (exact) mass is 282 g/mol. The lowest BCUT2D eigenvalue weighted by atomic mass is 10.1. The summed E-state index contributed by atoms with van der Waals surface area (Å²) in [7, 11) is 1.36. The van der Waals surface area contributed by atoms with Gasteiger partial charge in [0.25, 0.3) is 5.91 Å². The quantitative estimate of drug-likeness (QED) is 0.570. The average Bonchev–Trinajstić information content (AvgIpc) is 2.46. The summed E-state index contributed by atoms with van der Waals surface area (Å²) in [5.41, 5.74) is 7.08. The van der Waals surface area contributed by atoms with Crippen LogP contribution in [-0.2, 0) is 16.1 Å². The van der Waals surface area contributed by atoms with Crippen LogP contribution in [0.2, 0.25) is 0 Å². The van der Waals surface area contributed by atoms with E-state index in [1.807, 2.05) is 12.1 Å².